The minimum atomic E-state index is -4.46. The van der Waals surface area contributed by atoms with Crippen LogP contribution in [0.3, 0.4) is 0 Å². The van der Waals surface area contributed by atoms with Gasteiger partial charge in [-0.2, -0.15) is 0 Å². The van der Waals surface area contributed by atoms with Crippen LogP contribution in [0, 0.1) is 0 Å². The van der Waals surface area contributed by atoms with Gasteiger partial charge in [-0.05, 0) is 41.5 Å². The highest BCUT2D eigenvalue weighted by molar-refractivity contribution is 7.46. The van der Waals surface area contributed by atoms with E-state index in [1.165, 1.54) is 0 Å². The Balaban J connectivity index is -0.000000448. The molecule has 0 saturated heterocycles. The van der Waals surface area contributed by atoms with Crippen molar-refractivity contribution in [2.45, 2.75) is 78.2 Å². The molecule has 35 heavy (non-hydrogen) atoms. The zero-order valence-corrected chi connectivity index (χ0v) is 23.5. The standard InChI is InChI=1S/2C9H20O4.C2H3Cl2O4P/c2*1-7(11)5-12-9(3)6-13-8(2)4-10;3-2(4)1-8-9(5,6)7/h2*7-11H,4-6H2,1-3H3;1H,(H2,5,6,7). The smallest absolute Gasteiger partial charge is 0.410 e. The summed E-state index contributed by atoms with van der Waals surface area (Å²) in [7, 11) is -4.46. The molecule has 6 N–H and O–H groups in total. The van der Waals surface area contributed by atoms with Gasteiger partial charge in [-0.15, -0.1) is 0 Å². The summed E-state index contributed by atoms with van der Waals surface area (Å²) in [6.45, 7) is 12.2. The van der Waals surface area contributed by atoms with Crippen molar-refractivity contribution in [3.8, 4) is 0 Å². The Labute approximate surface area is 217 Å². The summed E-state index contributed by atoms with van der Waals surface area (Å²) in [5.41, 5.74) is 0. The minimum absolute atomic E-state index is 0.0170. The number of ether oxygens (including phenoxy) is 4. The Hall–Kier alpha value is -0.0500. The molecule has 0 aromatic heterocycles. The van der Waals surface area contributed by atoms with Gasteiger partial charge in [0.05, 0.1) is 76.3 Å². The summed E-state index contributed by atoms with van der Waals surface area (Å²) >= 11 is 9.88. The van der Waals surface area contributed by atoms with Gasteiger partial charge >= 0.3 is 7.82 Å². The average molecular weight is 577 g/mol. The SMILES string of the molecule is CC(O)COC(C)COC(C)CO.CC(O)COC(C)COC(C)CO.O=P(O)(O)OC=C(Cl)Cl. The minimum Gasteiger partial charge on any atom is -0.410 e. The molecule has 0 rings (SSSR count). The molecular formula is C20H43Cl2O12P. The van der Waals surface area contributed by atoms with Gasteiger partial charge in [0.2, 0.25) is 0 Å². The van der Waals surface area contributed by atoms with Crippen LogP contribution in [-0.4, -0.2) is 106 Å². The molecule has 0 aliphatic rings. The largest absolute Gasteiger partial charge is 0.524 e. The number of rotatable bonds is 16. The van der Waals surface area contributed by atoms with Crippen LogP contribution in [0.25, 0.3) is 0 Å². The van der Waals surface area contributed by atoms with Crippen molar-refractivity contribution in [1.82, 2.24) is 0 Å². The molecule has 0 bridgehead atoms. The van der Waals surface area contributed by atoms with Crippen molar-refractivity contribution in [1.29, 1.82) is 0 Å². The van der Waals surface area contributed by atoms with E-state index in [1.807, 2.05) is 13.8 Å². The van der Waals surface area contributed by atoms with Crippen LogP contribution in [0.4, 0.5) is 0 Å². The molecule has 0 heterocycles. The number of halogens is 2. The van der Waals surface area contributed by atoms with Gasteiger partial charge in [-0.3, -0.25) is 9.79 Å². The molecule has 0 fully saturated rings. The Morgan fingerprint density at radius 1 is 0.714 bits per heavy atom. The van der Waals surface area contributed by atoms with Crippen molar-refractivity contribution < 1.29 is 58.2 Å². The lowest BCUT2D eigenvalue weighted by molar-refractivity contribution is -0.0620. The number of hydrogen-bond acceptors (Lipinski definition) is 10. The third kappa shape index (κ3) is 38.6. The van der Waals surface area contributed by atoms with Gasteiger partial charge in [0.1, 0.15) is 10.8 Å². The summed E-state index contributed by atoms with van der Waals surface area (Å²) in [5.74, 6) is 0. The lowest BCUT2D eigenvalue weighted by atomic mass is 10.4. The lowest BCUT2D eigenvalue weighted by Crippen LogP contribution is -2.24. The predicted octanol–water partition coefficient (Wildman–Crippen LogP) is 1.71. The summed E-state index contributed by atoms with van der Waals surface area (Å²) in [6, 6.07) is 0. The molecule has 0 spiro atoms. The van der Waals surface area contributed by atoms with Crippen LogP contribution < -0.4 is 0 Å². The fourth-order valence-corrected chi connectivity index (χ4v) is 1.97. The van der Waals surface area contributed by atoms with E-state index in [9.17, 15) is 4.57 Å². The van der Waals surface area contributed by atoms with E-state index >= 15 is 0 Å². The van der Waals surface area contributed by atoms with Gasteiger partial charge in [0.25, 0.3) is 0 Å². The maximum Gasteiger partial charge on any atom is 0.524 e. The van der Waals surface area contributed by atoms with Crippen LogP contribution in [0.15, 0.2) is 10.8 Å². The van der Waals surface area contributed by atoms with Gasteiger partial charge in [-0.25, -0.2) is 4.57 Å². The number of aliphatic hydroxyl groups excluding tert-OH is 4. The molecule has 6 unspecified atom stereocenters. The van der Waals surface area contributed by atoms with Gasteiger partial charge in [-0.1, -0.05) is 23.2 Å². The lowest BCUT2D eigenvalue weighted by Gasteiger charge is -2.16. The highest BCUT2D eigenvalue weighted by Gasteiger charge is 2.12. The van der Waals surface area contributed by atoms with Crippen molar-refractivity contribution >= 4 is 31.0 Å². The topological polar surface area (TPSA) is 185 Å². The number of phosphoric ester groups is 1. The molecule has 0 aromatic rings. The van der Waals surface area contributed by atoms with E-state index in [0.29, 0.717) is 32.7 Å². The monoisotopic (exact) mass is 576 g/mol. The van der Waals surface area contributed by atoms with E-state index in [4.69, 9.17) is 72.4 Å². The van der Waals surface area contributed by atoms with Crippen molar-refractivity contribution in [3.05, 3.63) is 10.8 Å². The molecule has 6 atom stereocenters. The van der Waals surface area contributed by atoms with Crippen LogP contribution in [-0.2, 0) is 28.0 Å². The van der Waals surface area contributed by atoms with Crippen molar-refractivity contribution in [3.63, 3.8) is 0 Å². The second-order valence-electron chi connectivity index (χ2n) is 7.64. The van der Waals surface area contributed by atoms with Crippen LogP contribution in [0.2, 0.25) is 0 Å². The molecule has 12 nitrogen and oxygen atoms in total. The molecule has 0 saturated carbocycles. The summed E-state index contributed by atoms with van der Waals surface area (Å²) in [6.07, 6.45) is -0.748. The molecule has 15 heteroatoms. The van der Waals surface area contributed by atoms with Crippen molar-refractivity contribution in [2.24, 2.45) is 0 Å². The third-order valence-corrected chi connectivity index (χ3v) is 3.83. The van der Waals surface area contributed by atoms with Crippen LogP contribution in [0.1, 0.15) is 41.5 Å². The van der Waals surface area contributed by atoms with E-state index < -0.39 is 20.0 Å². The van der Waals surface area contributed by atoms with E-state index in [2.05, 4.69) is 4.52 Å². The molecule has 0 radical (unpaired) electrons. The van der Waals surface area contributed by atoms with E-state index in [-0.39, 0.29) is 42.1 Å². The zero-order valence-electron chi connectivity index (χ0n) is 21.1. The maximum absolute atomic E-state index is 9.85. The molecule has 214 valence electrons. The Morgan fingerprint density at radius 3 is 1.23 bits per heavy atom. The number of aliphatic hydroxyl groups is 4. The molecule has 0 amide bonds. The second-order valence-corrected chi connectivity index (χ2v) is 9.84. The predicted molar refractivity (Wildman–Crippen MR) is 132 cm³/mol. The molecule has 0 aliphatic heterocycles. The van der Waals surface area contributed by atoms with E-state index in [1.54, 1.807) is 27.7 Å². The number of phosphoric acid groups is 1. The highest BCUT2D eigenvalue weighted by Crippen LogP contribution is 2.36. The van der Waals surface area contributed by atoms with E-state index in [0.717, 1.165) is 0 Å². The highest BCUT2D eigenvalue weighted by atomic mass is 35.5. The third-order valence-electron chi connectivity index (χ3n) is 3.27. The van der Waals surface area contributed by atoms with Gasteiger partial charge in [0.15, 0.2) is 0 Å². The second kappa shape index (κ2) is 24.3. The van der Waals surface area contributed by atoms with Gasteiger partial charge in [0, 0.05) is 0 Å². The zero-order chi connectivity index (χ0) is 28.0. The summed E-state index contributed by atoms with van der Waals surface area (Å²) in [4.78, 5) is 16.0. The van der Waals surface area contributed by atoms with Crippen molar-refractivity contribution in [2.75, 3.05) is 39.6 Å². The van der Waals surface area contributed by atoms with Gasteiger partial charge < -0.3 is 43.9 Å². The Kier molecular flexibility index (Phi) is 27.4. The quantitative estimate of drug-likeness (QED) is 0.115. The molecule has 0 aromatic carbocycles. The Bertz CT molecular complexity index is 516. The average Bonchev–Trinajstić information content (AvgIpc) is 2.77. The first-order valence-electron chi connectivity index (χ1n) is 10.8. The van der Waals surface area contributed by atoms with Crippen LogP contribution >= 0.6 is 31.0 Å². The Morgan fingerprint density at radius 2 is 1.03 bits per heavy atom. The molecular weight excluding hydrogens is 534 g/mol. The van der Waals surface area contributed by atoms with Crippen LogP contribution in [0.5, 0.6) is 0 Å². The normalized spacial score (nSPS) is 16.3. The fraction of sp³-hybridized carbons (Fsp3) is 0.900. The maximum atomic E-state index is 9.85. The first kappa shape index (κ1) is 39.5. The fourth-order valence-electron chi connectivity index (χ4n) is 1.52. The summed E-state index contributed by atoms with van der Waals surface area (Å²) < 4.78 is 34.2. The molecule has 0 aliphatic carbocycles. The number of hydrogen-bond donors (Lipinski definition) is 6. The first-order chi connectivity index (χ1) is 16.0. The summed E-state index contributed by atoms with van der Waals surface area (Å²) in [5, 5.41) is 35.2. The first-order valence-corrected chi connectivity index (χ1v) is 13.1.